The Hall–Kier alpha value is -2.67. The van der Waals surface area contributed by atoms with Gasteiger partial charge in [-0.1, -0.05) is 0 Å². The number of carbonyl (C=O) groups is 2. The van der Waals surface area contributed by atoms with Crippen LogP contribution in [-0.4, -0.2) is 53.4 Å². The molecule has 0 unspecified atom stereocenters. The van der Waals surface area contributed by atoms with Crippen molar-refractivity contribution in [3.63, 3.8) is 0 Å². The van der Waals surface area contributed by atoms with Crippen LogP contribution in [0.4, 0.5) is 26.3 Å². The number of thiazole rings is 1. The summed E-state index contributed by atoms with van der Waals surface area (Å²) >= 11 is 1.67. The summed E-state index contributed by atoms with van der Waals surface area (Å²) in [6.45, 7) is 0.732. The molecule has 1 aromatic heterocycles. The molecule has 6 nitrogen and oxygen atoms in total. The number of hydrogen-bond donors (Lipinski definition) is 2. The zero-order chi connectivity index (χ0) is 26.1. The maximum Gasteiger partial charge on any atom is 0.416 e. The van der Waals surface area contributed by atoms with Crippen LogP contribution in [0, 0.1) is 0 Å². The number of nitrogens with zero attached hydrogens (tertiary/aromatic N) is 2. The largest absolute Gasteiger partial charge is 0.416 e. The Morgan fingerprint density at radius 2 is 1.58 bits per heavy atom. The second-order valence-corrected chi connectivity index (χ2v) is 10.00. The summed E-state index contributed by atoms with van der Waals surface area (Å²) in [5.74, 6) is -1.27. The molecule has 0 spiro atoms. The Labute approximate surface area is 207 Å². The molecule has 1 aromatic carbocycles. The van der Waals surface area contributed by atoms with E-state index >= 15 is 0 Å². The first kappa shape index (κ1) is 26.4. The first-order valence-electron chi connectivity index (χ1n) is 11.4. The molecule has 2 aliphatic rings. The number of rotatable bonds is 6. The highest BCUT2D eigenvalue weighted by molar-refractivity contribution is 7.09. The molecular formula is C23H24F6N4O2S. The lowest BCUT2D eigenvalue weighted by molar-refractivity contribution is -0.143. The molecule has 1 aliphatic carbocycles. The van der Waals surface area contributed by atoms with E-state index in [9.17, 15) is 35.9 Å². The number of halogens is 6. The van der Waals surface area contributed by atoms with Crippen LogP contribution in [0.2, 0.25) is 0 Å². The maximum absolute atomic E-state index is 13.0. The molecule has 1 aliphatic heterocycles. The molecule has 2 fully saturated rings. The zero-order valence-corrected chi connectivity index (χ0v) is 19.8. The molecule has 1 saturated heterocycles. The predicted octanol–water partition coefficient (Wildman–Crippen LogP) is 4.44. The van der Waals surface area contributed by atoms with Gasteiger partial charge in [-0.15, -0.1) is 11.3 Å². The maximum atomic E-state index is 13.0. The minimum Gasteiger partial charge on any atom is -0.349 e. The molecule has 2 aromatic rings. The van der Waals surface area contributed by atoms with Gasteiger partial charge in [0.15, 0.2) is 0 Å². The molecule has 196 valence electrons. The highest BCUT2D eigenvalue weighted by Crippen LogP contribution is 2.37. The van der Waals surface area contributed by atoms with Crippen LogP contribution < -0.4 is 10.6 Å². The van der Waals surface area contributed by atoms with Crippen molar-refractivity contribution in [3.8, 4) is 0 Å². The summed E-state index contributed by atoms with van der Waals surface area (Å²) in [7, 11) is 0. The number of hydrogen-bond acceptors (Lipinski definition) is 5. The molecular weight excluding hydrogens is 510 g/mol. The van der Waals surface area contributed by atoms with Crippen molar-refractivity contribution in [2.75, 3.05) is 19.6 Å². The average molecular weight is 535 g/mol. The molecule has 36 heavy (non-hydrogen) atoms. The summed E-state index contributed by atoms with van der Waals surface area (Å²) in [5, 5.41) is 7.98. The van der Waals surface area contributed by atoms with Crippen molar-refractivity contribution in [1.29, 1.82) is 0 Å². The topological polar surface area (TPSA) is 74.3 Å². The van der Waals surface area contributed by atoms with Gasteiger partial charge < -0.3 is 10.6 Å². The van der Waals surface area contributed by atoms with Crippen LogP contribution in [0.1, 0.15) is 58.1 Å². The quantitative estimate of drug-likeness (QED) is 0.538. The minimum absolute atomic E-state index is 0.0582. The van der Waals surface area contributed by atoms with Gasteiger partial charge in [0.1, 0.15) is 0 Å². The van der Waals surface area contributed by atoms with Gasteiger partial charge in [0, 0.05) is 42.2 Å². The van der Waals surface area contributed by atoms with Crippen LogP contribution in [0.5, 0.6) is 0 Å². The second kappa shape index (κ2) is 10.4. The average Bonchev–Trinajstić information content (AvgIpc) is 3.33. The van der Waals surface area contributed by atoms with E-state index in [2.05, 4.69) is 20.5 Å². The molecule has 2 heterocycles. The van der Waals surface area contributed by atoms with Crippen molar-refractivity contribution in [3.05, 3.63) is 51.5 Å². The Morgan fingerprint density at radius 3 is 2.11 bits per heavy atom. The van der Waals surface area contributed by atoms with Gasteiger partial charge in [-0.25, -0.2) is 4.98 Å². The fraction of sp³-hybridized carbons (Fsp3) is 0.522. The normalized spacial score (nSPS) is 21.6. The molecule has 0 radical (unpaired) electrons. The van der Waals surface area contributed by atoms with Crippen molar-refractivity contribution in [2.24, 2.45) is 0 Å². The summed E-state index contributed by atoms with van der Waals surface area (Å²) < 4.78 is 77.9. The number of aromatic nitrogens is 1. The van der Waals surface area contributed by atoms with E-state index in [4.69, 9.17) is 0 Å². The molecule has 2 amide bonds. The summed E-state index contributed by atoms with van der Waals surface area (Å²) in [6, 6.07) is 0.900. The first-order chi connectivity index (χ1) is 16.9. The number of alkyl halides is 6. The predicted molar refractivity (Wildman–Crippen MR) is 119 cm³/mol. The van der Waals surface area contributed by atoms with E-state index in [1.807, 2.05) is 11.6 Å². The molecule has 4 rings (SSSR count). The fourth-order valence-corrected chi connectivity index (χ4v) is 5.46. The molecule has 0 atom stereocenters. The zero-order valence-electron chi connectivity index (χ0n) is 19.0. The number of carbonyl (C=O) groups excluding carboxylic acids is 2. The lowest BCUT2D eigenvalue weighted by atomic mass is 9.84. The standard InChI is InChI=1S/C23H24F6N4O2S/c24-22(25,26)15-7-14(8-16(9-15)23(27,28)29)20(35)31-10-19(34)32-17-11-33(12-17)18-3-1-13(2-4-18)21-30-5-6-36-21/h5-9,13,17-18H,1-4,10-12H2,(H,31,35)(H,32,34). The van der Waals surface area contributed by atoms with Gasteiger partial charge in [0.2, 0.25) is 5.91 Å². The summed E-state index contributed by atoms with van der Waals surface area (Å²) in [4.78, 5) is 31.1. The minimum atomic E-state index is -5.07. The number of nitrogens with one attached hydrogen (secondary N) is 2. The van der Waals surface area contributed by atoms with Crippen LogP contribution in [0.15, 0.2) is 29.8 Å². The summed E-state index contributed by atoms with van der Waals surface area (Å²) in [5.41, 5.74) is -4.02. The van der Waals surface area contributed by atoms with Gasteiger partial charge in [-0.05, 0) is 43.9 Å². The number of amides is 2. The fourth-order valence-electron chi connectivity index (χ4n) is 4.65. The number of benzene rings is 1. The van der Waals surface area contributed by atoms with Gasteiger partial charge in [0.05, 0.1) is 28.7 Å². The summed E-state index contributed by atoms with van der Waals surface area (Å²) in [6.07, 6.45) is -4.12. The first-order valence-corrected chi connectivity index (χ1v) is 12.3. The molecule has 0 bridgehead atoms. The SMILES string of the molecule is O=C(CNC(=O)c1cc(C(F)(F)F)cc(C(F)(F)F)c1)NC1CN(C2CCC(c3nccs3)CC2)C1. The lowest BCUT2D eigenvalue weighted by Crippen LogP contribution is -2.63. The van der Waals surface area contributed by atoms with E-state index in [-0.39, 0.29) is 12.1 Å². The van der Waals surface area contributed by atoms with E-state index in [1.165, 1.54) is 5.01 Å². The van der Waals surface area contributed by atoms with Gasteiger partial charge >= 0.3 is 12.4 Å². The Morgan fingerprint density at radius 1 is 0.972 bits per heavy atom. The third-order valence-corrected chi connectivity index (χ3v) is 7.49. The van der Waals surface area contributed by atoms with E-state index in [0.717, 1.165) is 25.7 Å². The van der Waals surface area contributed by atoms with Crippen molar-refractivity contribution >= 4 is 23.2 Å². The van der Waals surface area contributed by atoms with Crippen molar-refractivity contribution in [1.82, 2.24) is 20.5 Å². The highest BCUT2D eigenvalue weighted by Gasteiger charge is 2.38. The van der Waals surface area contributed by atoms with Crippen molar-refractivity contribution < 1.29 is 35.9 Å². The van der Waals surface area contributed by atoms with Crippen LogP contribution in [-0.2, 0) is 17.1 Å². The lowest BCUT2D eigenvalue weighted by Gasteiger charge is -2.46. The van der Waals surface area contributed by atoms with Gasteiger partial charge in [-0.2, -0.15) is 26.3 Å². The van der Waals surface area contributed by atoms with Gasteiger partial charge in [0.25, 0.3) is 5.91 Å². The van der Waals surface area contributed by atoms with Crippen molar-refractivity contribution in [2.45, 2.75) is 56.0 Å². The van der Waals surface area contributed by atoms with Crippen LogP contribution in [0.3, 0.4) is 0 Å². The third-order valence-electron chi connectivity index (χ3n) is 6.55. The van der Waals surface area contributed by atoms with Gasteiger partial charge in [-0.3, -0.25) is 14.5 Å². The molecule has 1 saturated carbocycles. The highest BCUT2D eigenvalue weighted by atomic mass is 32.1. The Kier molecular flexibility index (Phi) is 7.60. The second-order valence-electron chi connectivity index (χ2n) is 9.07. The Bertz CT molecular complexity index is 1040. The van der Waals surface area contributed by atoms with E-state index < -0.39 is 47.4 Å². The number of likely N-dealkylation sites (tertiary alicyclic amines) is 1. The third kappa shape index (κ3) is 6.36. The monoisotopic (exact) mass is 534 g/mol. The molecule has 2 N–H and O–H groups in total. The van der Waals surface area contributed by atoms with E-state index in [0.29, 0.717) is 37.2 Å². The molecule has 13 heteroatoms. The van der Waals surface area contributed by atoms with Crippen LogP contribution in [0.25, 0.3) is 0 Å². The van der Waals surface area contributed by atoms with Crippen LogP contribution >= 0.6 is 11.3 Å². The Balaban J connectivity index is 1.22. The van der Waals surface area contributed by atoms with E-state index in [1.54, 1.807) is 11.3 Å². The smallest absolute Gasteiger partial charge is 0.349 e.